The fraction of sp³-hybridized carbons (Fsp3) is 0.375. The van der Waals surface area contributed by atoms with E-state index >= 15 is 0 Å². The van der Waals surface area contributed by atoms with E-state index in [1.54, 1.807) is 0 Å². The zero-order valence-corrected chi connectivity index (χ0v) is 63.2. The lowest BCUT2D eigenvalue weighted by molar-refractivity contribution is 0.195. The van der Waals surface area contributed by atoms with Crippen molar-refractivity contribution in [1.82, 2.24) is 19.9 Å². The number of anilines is 8. The molecule has 20 rings (SSSR count). The van der Waals surface area contributed by atoms with Crippen LogP contribution < -0.4 is 19.6 Å². The zero-order chi connectivity index (χ0) is 71.0. The maximum absolute atomic E-state index is 4.73. The number of fused-ring (bicyclic) bond motifs is 12. The van der Waals surface area contributed by atoms with Crippen LogP contribution in [0, 0.1) is 27.7 Å². The second-order valence-corrected chi connectivity index (χ2v) is 35.2. The molecule has 0 radical (unpaired) electrons. The minimum Gasteiger partial charge on any atom is -0.334 e. The van der Waals surface area contributed by atoms with Crippen molar-refractivity contribution in [3.05, 3.63) is 228 Å². The van der Waals surface area contributed by atoms with Gasteiger partial charge in [0.2, 0.25) is 0 Å². The molecule has 104 heavy (non-hydrogen) atoms. The summed E-state index contributed by atoms with van der Waals surface area (Å²) in [5.41, 5.74) is 29.9. The van der Waals surface area contributed by atoms with Crippen LogP contribution in [0.2, 0.25) is 0 Å². The number of pyridine rings is 4. The molecule has 0 amide bonds. The first-order valence-electron chi connectivity index (χ1n) is 39.4. The summed E-state index contributed by atoms with van der Waals surface area (Å²) >= 11 is 0. The lowest BCUT2D eigenvalue weighted by Crippen LogP contribution is -2.54. The van der Waals surface area contributed by atoms with Gasteiger partial charge in [-0.1, -0.05) is 128 Å². The number of benzene rings is 8. The van der Waals surface area contributed by atoms with Crippen molar-refractivity contribution in [3.63, 3.8) is 0 Å². The molecule has 4 saturated carbocycles. The lowest BCUT2D eigenvalue weighted by Gasteiger charge is -2.50. The molecule has 0 saturated heterocycles. The molecular formula is C96H98N8. The second kappa shape index (κ2) is 22.1. The largest absolute Gasteiger partial charge is 0.334 e. The lowest BCUT2D eigenvalue weighted by atomic mass is 9.61. The molecule has 8 atom stereocenters. The van der Waals surface area contributed by atoms with Gasteiger partial charge < -0.3 is 19.6 Å². The highest BCUT2D eigenvalue weighted by Gasteiger charge is 2.62. The van der Waals surface area contributed by atoms with Gasteiger partial charge in [0.05, 0.1) is 22.2 Å². The van der Waals surface area contributed by atoms with Gasteiger partial charge in [-0.05, 0) is 315 Å². The van der Waals surface area contributed by atoms with E-state index in [1.165, 1.54) is 196 Å². The standard InChI is InChI=1S/C96H98N8/c1-59-49-67(33-45-97-59)101-83-29-21-63(53-79(83)89(5)37-13-17-41-93(89,101)9)75-57-76(64-22-30-84-80(54-64)90(6)38-14-18-42-94(90,10)102(84)68-34-46-98-60(2)50-68)72-27-28-74-78(66-24-32-86-82(56-66)92(8)40-16-20-44-96(92,12)104(86)70-36-48-100-62(4)52-70)58-77(73-26-25-71(75)87(72)88(73)74)65-23-31-85-81(55-65)91(7)39-15-19-43-95(91,11)103(85)69-35-47-99-61(3)51-69/h21-36,45-58H,13-20,37-44H2,1-12H3. The molecule has 8 unspecified atom stereocenters. The van der Waals surface area contributed by atoms with Gasteiger partial charge in [0.25, 0.3) is 0 Å². The molecule has 12 aromatic rings. The van der Waals surface area contributed by atoms with E-state index in [4.69, 9.17) is 19.9 Å². The third-order valence-corrected chi connectivity index (χ3v) is 30.1. The number of hydrogen-bond acceptors (Lipinski definition) is 8. The molecule has 8 aliphatic rings. The van der Waals surface area contributed by atoms with Gasteiger partial charge in [0.1, 0.15) is 0 Å². The Balaban J connectivity index is 0.874. The van der Waals surface area contributed by atoms with Gasteiger partial charge in [-0.3, -0.25) is 19.9 Å². The Bertz CT molecular complexity index is 4960. The Morgan fingerprint density at radius 2 is 0.471 bits per heavy atom. The van der Waals surface area contributed by atoms with Crippen molar-refractivity contribution in [2.75, 3.05) is 19.6 Å². The maximum atomic E-state index is 4.73. The summed E-state index contributed by atoms with van der Waals surface area (Å²) in [6, 6.07) is 64.3. The van der Waals surface area contributed by atoms with Gasteiger partial charge in [0.15, 0.2) is 0 Å². The number of nitrogens with zero attached hydrogens (tertiary/aromatic N) is 8. The van der Waals surface area contributed by atoms with Crippen LogP contribution in [0.1, 0.15) is 203 Å². The van der Waals surface area contributed by atoms with E-state index in [2.05, 4.69) is 260 Å². The van der Waals surface area contributed by atoms with E-state index < -0.39 is 0 Å². The zero-order valence-electron chi connectivity index (χ0n) is 63.2. The molecule has 0 N–H and O–H groups in total. The van der Waals surface area contributed by atoms with Crippen LogP contribution in [0.3, 0.4) is 0 Å². The first-order valence-corrected chi connectivity index (χ1v) is 39.4. The molecule has 4 fully saturated rings. The van der Waals surface area contributed by atoms with Gasteiger partial charge in [-0.25, -0.2) is 0 Å². The fourth-order valence-corrected chi connectivity index (χ4v) is 23.9. The Morgan fingerprint density at radius 3 is 0.692 bits per heavy atom. The van der Waals surface area contributed by atoms with Crippen molar-refractivity contribution < 1.29 is 0 Å². The number of hydrogen-bond donors (Lipinski definition) is 0. The molecule has 8 aromatic carbocycles. The maximum Gasteiger partial charge on any atom is 0.0517 e. The smallest absolute Gasteiger partial charge is 0.0517 e. The number of aromatic nitrogens is 4. The third-order valence-electron chi connectivity index (χ3n) is 30.1. The quantitative estimate of drug-likeness (QED) is 0.139. The Kier molecular flexibility index (Phi) is 13.6. The van der Waals surface area contributed by atoms with E-state index in [1.807, 2.05) is 24.8 Å². The predicted molar refractivity (Wildman–Crippen MR) is 433 cm³/mol. The molecule has 4 aliphatic heterocycles. The Morgan fingerprint density at radius 1 is 0.250 bits per heavy atom. The summed E-state index contributed by atoms with van der Waals surface area (Å²) in [6.45, 7) is 29.2. The van der Waals surface area contributed by atoms with E-state index in [9.17, 15) is 0 Å². The highest BCUT2D eigenvalue weighted by atomic mass is 15.3. The summed E-state index contributed by atoms with van der Waals surface area (Å²) < 4.78 is 0. The minimum absolute atomic E-state index is 0.0853. The summed E-state index contributed by atoms with van der Waals surface area (Å²) in [7, 11) is 0. The average molecular weight is 1360 g/mol. The summed E-state index contributed by atoms with van der Waals surface area (Å²) in [6.07, 6.45) is 26.9. The number of aryl methyl sites for hydroxylation is 4. The second-order valence-electron chi connectivity index (χ2n) is 35.2. The van der Waals surface area contributed by atoms with Gasteiger partial charge in [0, 0.05) is 115 Å². The van der Waals surface area contributed by atoms with Crippen LogP contribution in [0.5, 0.6) is 0 Å². The topological polar surface area (TPSA) is 64.5 Å². The van der Waals surface area contributed by atoms with E-state index in [-0.39, 0.29) is 43.8 Å². The molecule has 0 bridgehead atoms. The summed E-state index contributed by atoms with van der Waals surface area (Å²) in [4.78, 5) is 29.8. The SMILES string of the molecule is Cc1cc(N2c3ccc(-c4cc(-c5ccc6c(c5)C5(C)CCCCC5(C)N6c5ccnc(C)c5)c5ccc6c(-c7ccc8c(c7)C7(C)CCCCC7(C)N8c7ccnc(C)c7)cc(-c7ccc8c(c7)C7(C)CCCCC7(C)N8c7ccnc(C)c7)c7ccc4c5c76)cc3C3(C)CCCCC23C)ccn1. The normalized spacial score (nSPS) is 28.0. The Hall–Kier alpha value is -9.40. The molecule has 8 heteroatoms. The monoisotopic (exact) mass is 1360 g/mol. The van der Waals surface area contributed by atoms with Crippen molar-refractivity contribution in [1.29, 1.82) is 0 Å². The van der Waals surface area contributed by atoms with Crippen molar-refractivity contribution in [2.24, 2.45) is 0 Å². The minimum atomic E-state index is -0.112. The molecule has 4 aromatic heterocycles. The highest BCUT2D eigenvalue weighted by Crippen LogP contribution is 2.67. The summed E-state index contributed by atoms with van der Waals surface area (Å²) in [5, 5.41) is 7.91. The third kappa shape index (κ3) is 8.37. The Labute approximate surface area is 615 Å². The van der Waals surface area contributed by atoms with Crippen LogP contribution in [-0.2, 0) is 21.7 Å². The van der Waals surface area contributed by atoms with Crippen LogP contribution in [0.25, 0.3) is 76.8 Å². The van der Waals surface area contributed by atoms with Crippen LogP contribution in [0.15, 0.2) is 183 Å². The van der Waals surface area contributed by atoms with Gasteiger partial charge >= 0.3 is 0 Å². The molecule has 522 valence electrons. The summed E-state index contributed by atoms with van der Waals surface area (Å²) in [5.74, 6) is 0. The number of rotatable bonds is 8. The van der Waals surface area contributed by atoms with E-state index in [0.717, 1.165) is 74.1 Å². The molecule has 8 nitrogen and oxygen atoms in total. The van der Waals surface area contributed by atoms with Crippen molar-refractivity contribution >= 4 is 77.8 Å². The average Bonchev–Trinajstić information content (AvgIpc) is 1.45. The fourth-order valence-electron chi connectivity index (χ4n) is 23.9. The first-order chi connectivity index (χ1) is 50.1. The van der Waals surface area contributed by atoms with Crippen LogP contribution >= 0.6 is 0 Å². The molecule has 0 spiro atoms. The molecular weight excluding hydrogens is 1270 g/mol. The highest BCUT2D eigenvalue weighted by molar-refractivity contribution is 6.32. The van der Waals surface area contributed by atoms with Crippen LogP contribution in [0.4, 0.5) is 45.5 Å². The molecule has 4 aliphatic carbocycles. The van der Waals surface area contributed by atoms with Crippen molar-refractivity contribution in [2.45, 2.75) is 230 Å². The van der Waals surface area contributed by atoms with Crippen LogP contribution in [-0.4, -0.2) is 42.1 Å². The first kappa shape index (κ1) is 64.2. The van der Waals surface area contributed by atoms with Crippen molar-refractivity contribution in [3.8, 4) is 44.5 Å². The van der Waals surface area contributed by atoms with Gasteiger partial charge in [-0.2, -0.15) is 0 Å². The van der Waals surface area contributed by atoms with E-state index in [0.29, 0.717) is 0 Å². The molecule has 8 heterocycles. The van der Waals surface area contributed by atoms with Gasteiger partial charge in [-0.15, -0.1) is 0 Å². The predicted octanol–water partition coefficient (Wildman–Crippen LogP) is 25.0.